The summed E-state index contributed by atoms with van der Waals surface area (Å²) in [5.74, 6) is 0.126. The highest BCUT2D eigenvalue weighted by Crippen LogP contribution is 2.24. The third kappa shape index (κ3) is 5.04. The van der Waals surface area contributed by atoms with Crippen molar-refractivity contribution < 1.29 is 13.9 Å². The number of aromatic nitrogens is 1. The summed E-state index contributed by atoms with van der Waals surface area (Å²) in [5, 5.41) is 3.14. The molecule has 5 nitrogen and oxygen atoms in total. The molecule has 30 heavy (non-hydrogen) atoms. The van der Waals surface area contributed by atoms with Crippen LogP contribution in [-0.2, 0) is 11.3 Å². The summed E-state index contributed by atoms with van der Waals surface area (Å²) in [6.45, 7) is 5.43. The van der Waals surface area contributed by atoms with Crippen LogP contribution in [0.5, 0.6) is 5.75 Å². The quantitative estimate of drug-likeness (QED) is 0.598. The highest BCUT2D eigenvalue weighted by molar-refractivity contribution is 7.13. The molecule has 1 fully saturated rings. The Morgan fingerprint density at radius 3 is 2.50 bits per heavy atom. The largest absolute Gasteiger partial charge is 0.481 e. The van der Waals surface area contributed by atoms with E-state index in [-0.39, 0.29) is 11.7 Å². The summed E-state index contributed by atoms with van der Waals surface area (Å²) < 4.78 is 18.7. The minimum Gasteiger partial charge on any atom is -0.481 e. The molecule has 1 atom stereocenters. The monoisotopic (exact) mass is 425 g/mol. The van der Waals surface area contributed by atoms with Crippen molar-refractivity contribution in [3.63, 3.8) is 0 Å². The van der Waals surface area contributed by atoms with Crippen LogP contribution in [0.4, 0.5) is 4.39 Å². The van der Waals surface area contributed by atoms with Crippen LogP contribution in [0.1, 0.15) is 12.6 Å². The van der Waals surface area contributed by atoms with Crippen molar-refractivity contribution in [3.05, 3.63) is 71.5 Å². The zero-order valence-corrected chi connectivity index (χ0v) is 17.6. The van der Waals surface area contributed by atoms with Crippen molar-refractivity contribution in [1.82, 2.24) is 14.8 Å². The molecule has 1 aliphatic rings. The molecule has 2 heterocycles. The maximum atomic E-state index is 13.0. The smallest absolute Gasteiger partial charge is 0.263 e. The van der Waals surface area contributed by atoms with Gasteiger partial charge >= 0.3 is 0 Å². The molecule has 1 aliphatic heterocycles. The predicted octanol–water partition coefficient (Wildman–Crippen LogP) is 4.06. The Labute approximate surface area is 179 Å². The van der Waals surface area contributed by atoms with Crippen LogP contribution in [0.2, 0.25) is 0 Å². The maximum absolute atomic E-state index is 13.0. The number of carbonyl (C=O) groups is 1. The number of ether oxygens (including phenoxy) is 1. The molecule has 7 heteroatoms. The summed E-state index contributed by atoms with van der Waals surface area (Å²) in [4.78, 5) is 21.6. The number of amides is 1. The zero-order chi connectivity index (χ0) is 20.9. The summed E-state index contributed by atoms with van der Waals surface area (Å²) in [6, 6.07) is 15.9. The highest BCUT2D eigenvalue weighted by atomic mass is 32.1. The second kappa shape index (κ2) is 9.36. The highest BCUT2D eigenvalue weighted by Gasteiger charge is 2.26. The van der Waals surface area contributed by atoms with Gasteiger partial charge in [-0.15, -0.1) is 11.3 Å². The number of hydrogen-bond acceptors (Lipinski definition) is 5. The van der Waals surface area contributed by atoms with E-state index in [0.29, 0.717) is 18.8 Å². The number of nitrogens with zero attached hydrogens (tertiary/aromatic N) is 3. The van der Waals surface area contributed by atoms with Crippen LogP contribution in [0, 0.1) is 5.82 Å². The molecule has 1 unspecified atom stereocenters. The fraction of sp³-hybridized carbons (Fsp3) is 0.304. The third-order valence-electron chi connectivity index (χ3n) is 5.12. The first kappa shape index (κ1) is 20.5. The van der Waals surface area contributed by atoms with E-state index >= 15 is 0 Å². The van der Waals surface area contributed by atoms with Crippen LogP contribution < -0.4 is 4.74 Å². The lowest BCUT2D eigenvalue weighted by molar-refractivity contribution is -0.139. The van der Waals surface area contributed by atoms with Gasteiger partial charge in [-0.2, -0.15) is 0 Å². The molecule has 2 aromatic carbocycles. The number of rotatable bonds is 6. The summed E-state index contributed by atoms with van der Waals surface area (Å²) in [7, 11) is 0. The number of thiazole rings is 1. The molecule has 1 aromatic heterocycles. The van der Waals surface area contributed by atoms with E-state index in [9.17, 15) is 9.18 Å². The van der Waals surface area contributed by atoms with Gasteiger partial charge in [0.05, 0.1) is 5.69 Å². The van der Waals surface area contributed by atoms with E-state index in [1.54, 1.807) is 18.3 Å². The molecule has 0 N–H and O–H groups in total. The molecule has 4 rings (SSSR count). The van der Waals surface area contributed by atoms with E-state index < -0.39 is 6.10 Å². The Kier molecular flexibility index (Phi) is 6.40. The second-order valence-electron chi connectivity index (χ2n) is 7.33. The van der Waals surface area contributed by atoms with Crippen molar-refractivity contribution in [2.45, 2.75) is 19.6 Å². The van der Waals surface area contributed by atoms with Crippen LogP contribution in [-0.4, -0.2) is 53.0 Å². The van der Waals surface area contributed by atoms with Gasteiger partial charge < -0.3 is 9.64 Å². The van der Waals surface area contributed by atoms with Gasteiger partial charge in [-0.3, -0.25) is 9.69 Å². The lowest BCUT2D eigenvalue weighted by atomic mass is 10.2. The van der Waals surface area contributed by atoms with Crippen molar-refractivity contribution in [2.75, 3.05) is 26.2 Å². The fourth-order valence-corrected chi connectivity index (χ4v) is 4.29. The molecule has 0 spiro atoms. The SMILES string of the molecule is CC(Oc1ccc(F)cc1)C(=O)N1CCN(Cc2csc(-c3ccccc3)n2)CC1. The number of benzene rings is 2. The first-order valence-electron chi connectivity index (χ1n) is 10.0. The number of hydrogen-bond donors (Lipinski definition) is 0. The minimum absolute atomic E-state index is 0.0426. The van der Waals surface area contributed by atoms with Crippen molar-refractivity contribution >= 4 is 17.2 Å². The molecule has 156 valence electrons. The fourth-order valence-electron chi connectivity index (χ4n) is 3.47. The summed E-state index contributed by atoms with van der Waals surface area (Å²) in [6.07, 6.45) is -0.603. The molecule has 0 saturated carbocycles. The van der Waals surface area contributed by atoms with E-state index in [0.717, 1.165) is 35.9 Å². The second-order valence-corrected chi connectivity index (χ2v) is 8.18. The molecule has 0 radical (unpaired) electrons. The first-order valence-corrected chi connectivity index (χ1v) is 10.9. The minimum atomic E-state index is -0.603. The Balaban J connectivity index is 1.27. The standard InChI is InChI=1S/C23H24FN3O2S/c1-17(29-21-9-7-19(24)8-10-21)23(28)27-13-11-26(12-14-27)15-20-16-30-22(25-20)18-5-3-2-4-6-18/h2-10,16-17H,11-15H2,1H3. The Morgan fingerprint density at radius 1 is 1.10 bits per heavy atom. The van der Waals surface area contributed by atoms with Gasteiger partial charge in [0, 0.05) is 43.7 Å². The van der Waals surface area contributed by atoms with Gasteiger partial charge in [0.2, 0.25) is 0 Å². The van der Waals surface area contributed by atoms with Gasteiger partial charge in [0.25, 0.3) is 5.91 Å². The Hall–Kier alpha value is -2.77. The van der Waals surface area contributed by atoms with E-state index in [2.05, 4.69) is 22.4 Å². The van der Waals surface area contributed by atoms with Crippen LogP contribution >= 0.6 is 11.3 Å². The lowest BCUT2D eigenvalue weighted by Crippen LogP contribution is -2.51. The van der Waals surface area contributed by atoms with Gasteiger partial charge in [0.15, 0.2) is 6.10 Å². The van der Waals surface area contributed by atoms with Gasteiger partial charge in [0.1, 0.15) is 16.6 Å². The normalized spacial score (nSPS) is 15.7. The Bertz CT molecular complexity index is 970. The Morgan fingerprint density at radius 2 is 1.80 bits per heavy atom. The van der Waals surface area contributed by atoms with Gasteiger partial charge in [-0.05, 0) is 31.2 Å². The number of halogens is 1. The molecular formula is C23H24FN3O2S. The van der Waals surface area contributed by atoms with Crippen molar-refractivity contribution in [3.8, 4) is 16.3 Å². The van der Waals surface area contributed by atoms with Gasteiger partial charge in [-0.1, -0.05) is 30.3 Å². The number of piperazine rings is 1. The summed E-state index contributed by atoms with van der Waals surface area (Å²) >= 11 is 1.66. The first-order chi connectivity index (χ1) is 14.6. The van der Waals surface area contributed by atoms with Crippen LogP contribution in [0.15, 0.2) is 60.0 Å². The summed E-state index contributed by atoms with van der Waals surface area (Å²) in [5.41, 5.74) is 2.20. The van der Waals surface area contributed by atoms with Crippen LogP contribution in [0.3, 0.4) is 0 Å². The van der Waals surface area contributed by atoms with Crippen molar-refractivity contribution in [2.24, 2.45) is 0 Å². The molecule has 0 aliphatic carbocycles. The zero-order valence-electron chi connectivity index (χ0n) is 16.8. The third-order valence-corrected chi connectivity index (χ3v) is 6.06. The molecule has 3 aromatic rings. The van der Waals surface area contributed by atoms with E-state index in [1.165, 1.54) is 24.3 Å². The van der Waals surface area contributed by atoms with Crippen LogP contribution in [0.25, 0.3) is 10.6 Å². The average Bonchev–Trinajstić information content (AvgIpc) is 3.24. The average molecular weight is 426 g/mol. The van der Waals surface area contributed by atoms with Crippen molar-refractivity contribution in [1.29, 1.82) is 0 Å². The topological polar surface area (TPSA) is 45.7 Å². The molecule has 1 saturated heterocycles. The van der Waals surface area contributed by atoms with Gasteiger partial charge in [-0.25, -0.2) is 9.37 Å². The molecule has 0 bridgehead atoms. The van der Waals surface area contributed by atoms with E-state index in [4.69, 9.17) is 9.72 Å². The maximum Gasteiger partial charge on any atom is 0.263 e. The number of carbonyl (C=O) groups excluding carboxylic acids is 1. The predicted molar refractivity (Wildman–Crippen MR) is 116 cm³/mol. The molecular weight excluding hydrogens is 401 g/mol. The lowest BCUT2D eigenvalue weighted by Gasteiger charge is -2.35. The van der Waals surface area contributed by atoms with E-state index in [1.807, 2.05) is 23.1 Å². The molecule has 1 amide bonds.